The summed E-state index contributed by atoms with van der Waals surface area (Å²) in [4.78, 5) is 22.0. The normalized spacial score (nSPS) is 11.9. The van der Waals surface area contributed by atoms with Crippen LogP contribution in [-0.4, -0.2) is 30.8 Å². The number of aromatic nitrogens is 4. The standard InChI is InChI=1S/C23H19ClFN5O2/c1-13(15-5-8-21(31)18(25)9-15)27-23(32)20-10-19(14-3-6-17(24)7-4-14)28-22(29-20)16-11-26-30(2)12-16/h3-13,31H,1-2H3,(H,27,32)/t13-/m0/s1. The van der Waals surface area contributed by atoms with Crippen LogP contribution < -0.4 is 5.32 Å². The van der Waals surface area contributed by atoms with Gasteiger partial charge in [-0.2, -0.15) is 5.10 Å². The summed E-state index contributed by atoms with van der Waals surface area (Å²) < 4.78 is 15.3. The van der Waals surface area contributed by atoms with Crippen LogP contribution in [-0.2, 0) is 7.05 Å². The van der Waals surface area contributed by atoms with Crippen LogP contribution in [0.2, 0.25) is 5.02 Å². The highest BCUT2D eigenvalue weighted by Crippen LogP contribution is 2.25. The maximum absolute atomic E-state index is 13.7. The van der Waals surface area contributed by atoms with Gasteiger partial charge in [-0.1, -0.05) is 29.8 Å². The topological polar surface area (TPSA) is 92.9 Å². The van der Waals surface area contributed by atoms with Crippen molar-refractivity contribution >= 4 is 17.5 Å². The van der Waals surface area contributed by atoms with Crippen LogP contribution >= 0.6 is 11.6 Å². The summed E-state index contributed by atoms with van der Waals surface area (Å²) in [6.45, 7) is 1.72. The molecule has 0 bridgehead atoms. The summed E-state index contributed by atoms with van der Waals surface area (Å²) in [6, 6.07) is 12.1. The summed E-state index contributed by atoms with van der Waals surface area (Å²) in [5.41, 5.74) is 2.63. The van der Waals surface area contributed by atoms with Crippen molar-refractivity contribution in [3.8, 4) is 28.4 Å². The van der Waals surface area contributed by atoms with Gasteiger partial charge in [-0.05, 0) is 42.8 Å². The van der Waals surface area contributed by atoms with Crippen LogP contribution in [0.3, 0.4) is 0 Å². The Labute approximate surface area is 188 Å². The molecule has 2 aromatic heterocycles. The lowest BCUT2D eigenvalue weighted by molar-refractivity contribution is 0.0934. The number of nitrogens with zero attached hydrogens (tertiary/aromatic N) is 4. The minimum atomic E-state index is -0.755. The number of hydrogen-bond donors (Lipinski definition) is 2. The maximum Gasteiger partial charge on any atom is 0.270 e. The highest BCUT2D eigenvalue weighted by atomic mass is 35.5. The third-order valence-corrected chi connectivity index (χ3v) is 5.13. The Kier molecular flexibility index (Phi) is 5.87. The van der Waals surface area contributed by atoms with Crippen molar-refractivity contribution < 1.29 is 14.3 Å². The van der Waals surface area contributed by atoms with Gasteiger partial charge in [-0.15, -0.1) is 0 Å². The van der Waals surface area contributed by atoms with Gasteiger partial charge >= 0.3 is 0 Å². The van der Waals surface area contributed by atoms with Crippen LogP contribution in [0.5, 0.6) is 5.75 Å². The highest BCUT2D eigenvalue weighted by Gasteiger charge is 2.18. The number of phenolic OH excluding ortho intramolecular Hbond substituents is 1. The number of phenols is 1. The SMILES string of the molecule is C[C@H](NC(=O)c1cc(-c2ccc(Cl)cc2)nc(-c2cnn(C)c2)n1)c1ccc(O)c(F)c1. The highest BCUT2D eigenvalue weighted by molar-refractivity contribution is 6.30. The van der Waals surface area contributed by atoms with E-state index in [1.165, 1.54) is 12.1 Å². The summed E-state index contributed by atoms with van der Waals surface area (Å²) in [5.74, 6) is -1.31. The van der Waals surface area contributed by atoms with Crippen molar-refractivity contribution in [3.05, 3.63) is 83.0 Å². The quantitative estimate of drug-likeness (QED) is 0.465. The molecule has 0 radical (unpaired) electrons. The maximum atomic E-state index is 13.7. The van der Waals surface area contributed by atoms with Crippen molar-refractivity contribution in [2.45, 2.75) is 13.0 Å². The molecule has 0 aliphatic heterocycles. The fourth-order valence-electron chi connectivity index (χ4n) is 3.14. The molecule has 4 aromatic rings. The van der Waals surface area contributed by atoms with Gasteiger partial charge in [0.25, 0.3) is 5.91 Å². The smallest absolute Gasteiger partial charge is 0.270 e. The number of rotatable bonds is 5. The number of hydrogen-bond acceptors (Lipinski definition) is 5. The summed E-state index contributed by atoms with van der Waals surface area (Å²) in [6.07, 6.45) is 3.37. The van der Waals surface area contributed by atoms with Gasteiger partial charge in [0.05, 0.1) is 23.5 Å². The number of carbonyl (C=O) groups excluding carboxylic acids is 1. The predicted molar refractivity (Wildman–Crippen MR) is 119 cm³/mol. The van der Waals surface area contributed by atoms with E-state index in [1.54, 1.807) is 67.4 Å². The molecule has 9 heteroatoms. The largest absolute Gasteiger partial charge is 0.505 e. The Balaban J connectivity index is 1.69. The van der Waals surface area contributed by atoms with E-state index in [-0.39, 0.29) is 5.69 Å². The zero-order valence-electron chi connectivity index (χ0n) is 17.3. The van der Waals surface area contributed by atoms with E-state index in [4.69, 9.17) is 11.6 Å². The van der Waals surface area contributed by atoms with Gasteiger partial charge in [0.2, 0.25) is 0 Å². The summed E-state index contributed by atoms with van der Waals surface area (Å²) in [5, 5.41) is 16.9. The van der Waals surface area contributed by atoms with E-state index in [1.807, 2.05) is 0 Å². The Hall–Kier alpha value is -3.78. The van der Waals surface area contributed by atoms with Gasteiger partial charge in [0.15, 0.2) is 17.4 Å². The van der Waals surface area contributed by atoms with Crippen LogP contribution in [0.1, 0.15) is 29.0 Å². The predicted octanol–water partition coefficient (Wildman–Crippen LogP) is 4.53. The molecule has 0 saturated carbocycles. The van der Waals surface area contributed by atoms with Gasteiger partial charge in [0.1, 0.15) is 5.69 Å². The van der Waals surface area contributed by atoms with E-state index in [9.17, 15) is 14.3 Å². The van der Waals surface area contributed by atoms with Crippen molar-refractivity contribution in [1.82, 2.24) is 25.1 Å². The number of aromatic hydroxyl groups is 1. The number of benzene rings is 2. The Morgan fingerprint density at radius 1 is 1.12 bits per heavy atom. The molecule has 1 amide bonds. The van der Waals surface area contributed by atoms with Gasteiger partial charge in [0, 0.05) is 23.8 Å². The first-order chi connectivity index (χ1) is 15.3. The average Bonchev–Trinajstić information content (AvgIpc) is 3.22. The second-order valence-electron chi connectivity index (χ2n) is 7.28. The molecule has 32 heavy (non-hydrogen) atoms. The fourth-order valence-corrected chi connectivity index (χ4v) is 3.27. The molecular formula is C23H19ClFN5O2. The van der Waals surface area contributed by atoms with Crippen LogP contribution in [0.15, 0.2) is 60.9 Å². The molecule has 7 nitrogen and oxygen atoms in total. The van der Waals surface area contributed by atoms with Crippen LogP contribution in [0.4, 0.5) is 4.39 Å². The summed E-state index contributed by atoms with van der Waals surface area (Å²) in [7, 11) is 1.78. The molecule has 0 unspecified atom stereocenters. The van der Waals surface area contributed by atoms with E-state index in [0.717, 1.165) is 5.56 Å². The lowest BCUT2D eigenvalue weighted by Crippen LogP contribution is -2.27. The fraction of sp³-hybridized carbons (Fsp3) is 0.130. The van der Waals surface area contributed by atoms with Crippen molar-refractivity contribution in [1.29, 1.82) is 0 Å². The first-order valence-corrected chi connectivity index (χ1v) is 10.1. The Morgan fingerprint density at radius 3 is 2.53 bits per heavy atom. The molecule has 2 heterocycles. The Bertz CT molecular complexity index is 1290. The number of aryl methyl sites for hydroxylation is 1. The van der Waals surface area contributed by atoms with E-state index in [0.29, 0.717) is 27.7 Å². The molecule has 0 aliphatic carbocycles. The average molecular weight is 452 g/mol. The van der Waals surface area contributed by atoms with E-state index < -0.39 is 23.5 Å². The van der Waals surface area contributed by atoms with E-state index in [2.05, 4.69) is 20.4 Å². The van der Waals surface area contributed by atoms with Crippen molar-refractivity contribution in [2.24, 2.45) is 7.05 Å². The third-order valence-electron chi connectivity index (χ3n) is 4.88. The third kappa shape index (κ3) is 4.60. The van der Waals surface area contributed by atoms with Gasteiger partial charge in [-0.25, -0.2) is 14.4 Å². The molecule has 2 aromatic carbocycles. The zero-order chi connectivity index (χ0) is 22.8. The van der Waals surface area contributed by atoms with Gasteiger partial charge < -0.3 is 10.4 Å². The van der Waals surface area contributed by atoms with Crippen molar-refractivity contribution in [2.75, 3.05) is 0 Å². The minimum Gasteiger partial charge on any atom is -0.505 e. The molecule has 1 atom stereocenters. The summed E-state index contributed by atoms with van der Waals surface area (Å²) >= 11 is 6.00. The molecule has 0 saturated heterocycles. The molecule has 2 N–H and O–H groups in total. The molecule has 0 fully saturated rings. The van der Waals surface area contributed by atoms with Crippen LogP contribution in [0.25, 0.3) is 22.6 Å². The lowest BCUT2D eigenvalue weighted by Gasteiger charge is -2.15. The minimum absolute atomic E-state index is 0.148. The second kappa shape index (κ2) is 8.76. The van der Waals surface area contributed by atoms with Crippen LogP contribution in [0, 0.1) is 5.82 Å². The number of nitrogens with one attached hydrogen (secondary N) is 1. The zero-order valence-corrected chi connectivity index (χ0v) is 18.0. The first-order valence-electron chi connectivity index (χ1n) is 9.73. The molecule has 162 valence electrons. The molecule has 4 rings (SSSR count). The Morgan fingerprint density at radius 2 is 1.88 bits per heavy atom. The molecular weight excluding hydrogens is 433 g/mol. The van der Waals surface area contributed by atoms with Crippen molar-refractivity contribution in [3.63, 3.8) is 0 Å². The molecule has 0 spiro atoms. The number of halogens is 2. The number of amides is 1. The molecule has 0 aliphatic rings. The van der Waals surface area contributed by atoms with Gasteiger partial charge in [-0.3, -0.25) is 9.48 Å². The lowest BCUT2D eigenvalue weighted by atomic mass is 10.1. The monoisotopic (exact) mass is 451 g/mol. The first kappa shape index (κ1) is 21.5. The second-order valence-corrected chi connectivity index (χ2v) is 7.71. The number of carbonyl (C=O) groups is 1. The van der Waals surface area contributed by atoms with E-state index >= 15 is 0 Å².